The summed E-state index contributed by atoms with van der Waals surface area (Å²) in [6, 6.07) is 10.9. The van der Waals surface area contributed by atoms with Crippen LogP contribution in [-0.2, 0) is 0 Å². The number of pyridine rings is 1. The van der Waals surface area contributed by atoms with E-state index in [1.807, 2.05) is 17.5 Å². The number of hydrogen-bond acceptors (Lipinski definition) is 4. The van der Waals surface area contributed by atoms with Gasteiger partial charge < -0.3 is 0 Å². The first-order chi connectivity index (χ1) is 10.2. The average molecular weight is 332 g/mol. The van der Waals surface area contributed by atoms with Crippen molar-refractivity contribution in [1.29, 1.82) is 5.26 Å². The largest absolute Gasteiger partial charge is 0.253 e. The number of rotatable bonds is 2. The monoisotopic (exact) mass is 331 g/mol. The fraction of sp³-hybridized carbons (Fsp3) is 0. The SMILES string of the molecule is N#Cc1ccc(-c2csc(-c3ccc(Cl)cc3Cl)n2)nc1. The highest BCUT2D eigenvalue weighted by atomic mass is 35.5. The lowest BCUT2D eigenvalue weighted by molar-refractivity contribution is 1.26. The second-order valence-electron chi connectivity index (χ2n) is 4.21. The highest BCUT2D eigenvalue weighted by Crippen LogP contribution is 2.34. The summed E-state index contributed by atoms with van der Waals surface area (Å²) in [7, 11) is 0. The summed E-state index contributed by atoms with van der Waals surface area (Å²) < 4.78 is 0. The number of hydrogen-bond donors (Lipinski definition) is 0. The lowest BCUT2D eigenvalue weighted by Crippen LogP contribution is -1.85. The highest BCUT2D eigenvalue weighted by Gasteiger charge is 2.11. The average Bonchev–Trinajstić information content (AvgIpc) is 2.97. The lowest BCUT2D eigenvalue weighted by Gasteiger charge is -2.00. The first-order valence-electron chi connectivity index (χ1n) is 5.95. The number of benzene rings is 1. The van der Waals surface area contributed by atoms with Gasteiger partial charge in [0, 0.05) is 22.2 Å². The van der Waals surface area contributed by atoms with E-state index >= 15 is 0 Å². The van der Waals surface area contributed by atoms with E-state index in [0.29, 0.717) is 15.6 Å². The zero-order chi connectivity index (χ0) is 14.8. The quantitative estimate of drug-likeness (QED) is 0.660. The van der Waals surface area contributed by atoms with Gasteiger partial charge >= 0.3 is 0 Å². The third-order valence-corrected chi connectivity index (χ3v) is 4.24. The molecule has 0 aliphatic rings. The molecule has 0 fully saturated rings. The number of aromatic nitrogens is 2. The van der Waals surface area contributed by atoms with Gasteiger partial charge in [-0.15, -0.1) is 11.3 Å². The first-order valence-corrected chi connectivity index (χ1v) is 7.58. The van der Waals surface area contributed by atoms with Crippen molar-refractivity contribution in [2.45, 2.75) is 0 Å². The van der Waals surface area contributed by atoms with E-state index in [2.05, 4.69) is 9.97 Å². The van der Waals surface area contributed by atoms with Gasteiger partial charge in [0.1, 0.15) is 16.8 Å². The predicted octanol–water partition coefficient (Wildman–Crippen LogP) is 5.05. The normalized spacial score (nSPS) is 10.3. The van der Waals surface area contributed by atoms with Crippen molar-refractivity contribution in [3.05, 3.63) is 57.5 Å². The van der Waals surface area contributed by atoms with Crippen LogP contribution < -0.4 is 0 Å². The van der Waals surface area contributed by atoms with E-state index in [-0.39, 0.29) is 0 Å². The molecule has 0 N–H and O–H groups in total. The fourth-order valence-electron chi connectivity index (χ4n) is 1.79. The molecule has 3 nitrogen and oxygen atoms in total. The molecule has 1 aromatic carbocycles. The maximum atomic E-state index is 8.78. The van der Waals surface area contributed by atoms with Gasteiger partial charge in [0.15, 0.2) is 0 Å². The fourth-order valence-corrected chi connectivity index (χ4v) is 3.20. The summed E-state index contributed by atoms with van der Waals surface area (Å²) in [6.07, 6.45) is 1.53. The van der Waals surface area contributed by atoms with Crippen LogP contribution in [0.4, 0.5) is 0 Å². The van der Waals surface area contributed by atoms with E-state index in [1.165, 1.54) is 17.5 Å². The Balaban J connectivity index is 1.97. The number of nitriles is 1. The van der Waals surface area contributed by atoms with Crippen molar-refractivity contribution in [3.8, 4) is 28.0 Å². The summed E-state index contributed by atoms with van der Waals surface area (Å²) in [4.78, 5) is 8.77. The van der Waals surface area contributed by atoms with Crippen LogP contribution in [0.25, 0.3) is 22.0 Å². The summed E-state index contributed by atoms with van der Waals surface area (Å²) in [5.74, 6) is 0. The molecule has 2 heterocycles. The van der Waals surface area contributed by atoms with Gasteiger partial charge in [0.05, 0.1) is 16.3 Å². The van der Waals surface area contributed by atoms with Crippen molar-refractivity contribution in [2.75, 3.05) is 0 Å². The molecule has 0 spiro atoms. The minimum absolute atomic E-state index is 0.523. The minimum Gasteiger partial charge on any atom is -0.253 e. The van der Waals surface area contributed by atoms with E-state index in [1.54, 1.807) is 24.3 Å². The topological polar surface area (TPSA) is 49.6 Å². The smallest absolute Gasteiger partial charge is 0.125 e. The van der Waals surface area contributed by atoms with Crippen LogP contribution in [0.15, 0.2) is 41.9 Å². The van der Waals surface area contributed by atoms with Crippen LogP contribution in [0.1, 0.15) is 5.56 Å². The Kier molecular flexibility index (Phi) is 3.89. The van der Waals surface area contributed by atoms with E-state index in [0.717, 1.165) is 22.0 Å². The third kappa shape index (κ3) is 2.91. The highest BCUT2D eigenvalue weighted by molar-refractivity contribution is 7.13. The van der Waals surface area contributed by atoms with E-state index < -0.39 is 0 Å². The third-order valence-electron chi connectivity index (χ3n) is 2.82. The molecular weight excluding hydrogens is 325 g/mol. The standard InChI is InChI=1S/C15H7Cl2N3S/c16-10-2-3-11(12(17)5-10)15-20-14(8-21-15)13-4-1-9(6-18)7-19-13/h1-5,7-8H. The zero-order valence-corrected chi connectivity index (χ0v) is 12.9. The number of nitrogens with zero attached hydrogens (tertiary/aromatic N) is 3. The van der Waals surface area contributed by atoms with Crippen molar-refractivity contribution in [2.24, 2.45) is 0 Å². The maximum Gasteiger partial charge on any atom is 0.125 e. The van der Waals surface area contributed by atoms with Gasteiger partial charge in [-0.05, 0) is 30.3 Å². The Morgan fingerprint density at radius 2 is 1.95 bits per heavy atom. The molecule has 21 heavy (non-hydrogen) atoms. The molecule has 102 valence electrons. The summed E-state index contributed by atoms with van der Waals surface area (Å²) >= 11 is 13.6. The number of halogens is 2. The van der Waals surface area contributed by atoms with Crippen LogP contribution in [0.3, 0.4) is 0 Å². The molecule has 6 heteroatoms. The van der Waals surface area contributed by atoms with Crippen molar-refractivity contribution < 1.29 is 0 Å². The zero-order valence-electron chi connectivity index (χ0n) is 10.5. The summed E-state index contributed by atoms with van der Waals surface area (Å²) in [5, 5.41) is 12.6. The Morgan fingerprint density at radius 1 is 1.10 bits per heavy atom. The molecule has 0 saturated carbocycles. The molecule has 0 bridgehead atoms. The second-order valence-corrected chi connectivity index (χ2v) is 5.91. The maximum absolute atomic E-state index is 8.78. The van der Waals surface area contributed by atoms with Gasteiger partial charge in [0.25, 0.3) is 0 Å². The Bertz CT molecular complexity index is 835. The van der Waals surface area contributed by atoms with Crippen molar-refractivity contribution in [3.63, 3.8) is 0 Å². The van der Waals surface area contributed by atoms with Gasteiger partial charge in [-0.3, -0.25) is 4.98 Å². The van der Waals surface area contributed by atoms with Crippen LogP contribution in [0, 0.1) is 11.3 Å². The Labute approximate surface area is 135 Å². The Morgan fingerprint density at radius 3 is 2.62 bits per heavy atom. The second kappa shape index (κ2) is 5.82. The van der Waals surface area contributed by atoms with E-state index in [9.17, 15) is 0 Å². The van der Waals surface area contributed by atoms with Crippen molar-refractivity contribution >= 4 is 34.5 Å². The summed E-state index contributed by atoms with van der Waals surface area (Å²) in [5.41, 5.74) is 2.84. The first kappa shape index (κ1) is 14.0. The molecule has 0 aliphatic carbocycles. The molecule has 0 aliphatic heterocycles. The number of thiazole rings is 1. The van der Waals surface area contributed by atoms with Gasteiger partial charge in [-0.2, -0.15) is 5.26 Å². The molecule has 0 unspecified atom stereocenters. The predicted molar refractivity (Wildman–Crippen MR) is 85.5 cm³/mol. The van der Waals surface area contributed by atoms with Crippen LogP contribution in [0.2, 0.25) is 10.0 Å². The van der Waals surface area contributed by atoms with Gasteiger partial charge in [0.2, 0.25) is 0 Å². The molecular formula is C15H7Cl2N3S. The van der Waals surface area contributed by atoms with Crippen LogP contribution in [0.5, 0.6) is 0 Å². The molecule has 3 rings (SSSR count). The van der Waals surface area contributed by atoms with Crippen LogP contribution in [-0.4, -0.2) is 9.97 Å². The van der Waals surface area contributed by atoms with Gasteiger partial charge in [-0.1, -0.05) is 23.2 Å². The molecule has 0 atom stereocenters. The lowest BCUT2D eigenvalue weighted by atomic mass is 10.2. The Hall–Kier alpha value is -1.93. The van der Waals surface area contributed by atoms with E-state index in [4.69, 9.17) is 28.5 Å². The minimum atomic E-state index is 0.523. The molecule has 0 radical (unpaired) electrons. The van der Waals surface area contributed by atoms with Gasteiger partial charge in [-0.25, -0.2) is 4.98 Å². The molecule has 0 saturated heterocycles. The molecule has 3 aromatic rings. The summed E-state index contributed by atoms with van der Waals surface area (Å²) in [6.45, 7) is 0. The molecule has 2 aromatic heterocycles. The van der Waals surface area contributed by atoms with Crippen LogP contribution >= 0.6 is 34.5 Å². The molecule has 0 amide bonds. The van der Waals surface area contributed by atoms with Crippen molar-refractivity contribution in [1.82, 2.24) is 9.97 Å².